The lowest BCUT2D eigenvalue weighted by Gasteiger charge is -2.25. The van der Waals surface area contributed by atoms with Gasteiger partial charge in [0, 0.05) is 6.54 Å². The van der Waals surface area contributed by atoms with Gasteiger partial charge in [-0.15, -0.1) is 10.2 Å². The maximum absolute atomic E-state index is 10.8. The van der Waals surface area contributed by atoms with Gasteiger partial charge in [0.25, 0.3) is 0 Å². The highest BCUT2D eigenvalue weighted by Crippen LogP contribution is 2.23. The molecule has 80 valence electrons. The van der Waals surface area contributed by atoms with Crippen LogP contribution in [0.15, 0.2) is 12.1 Å². The van der Waals surface area contributed by atoms with Crippen LogP contribution in [0.2, 0.25) is 5.15 Å². The van der Waals surface area contributed by atoms with Crippen molar-refractivity contribution in [1.29, 1.82) is 0 Å². The minimum atomic E-state index is -1.07. The summed E-state index contributed by atoms with van der Waals surface area (Å²) >= 11 is 5.60. The number of aromatic nitrogens is 2. The number of nitrogens with zero attached hydrogens (tertiary/aromatic N) is 3. The van der Waals surface area contributed by atoms with Crippen LogP contribution in [0.25, 0.3) is 0 Å². The van der Waals surface area contributed by atoms with E-state index in [2.05, 4.69) is 10.2 Å². The first-order valence-electron chi connectivity index (χ1n) is 4.65. The number of rotatable bonds is 2. The van der Waals surface area contributed by atoms with Gasteiger partial charge in [0.2, 0.25) is 0 Å². The van der Waals surface area contributed by atoms with Gasteiger partial charge < -0.3 is 14.8 Å². The molecule has 1 aromatic heterocycles. The van der Waals surface area contributed by atoms with Gasteiger partial charge in [-0.1, -0.05) is 11.6 Å². The Hall–Kier alpha value is -1.36. The van der Waals surface area contributed by atoms with Crippen molar-refractivity contribution in [3.8, 4) is 0 Å². The molecule has 1 saturated heterocycles. The topological polar surface area (TPSA) is 69.2 Å². The fourth-order valence-electron chi connectivity index (χ4n) is 1.75. The standard InChI is InChI=1S/C9H10ClN3O2/c10-7-3-4-8(12-11-7)13-5-1-2-6(13)9(14)15/h3-4,6H,1-2,5H2,(H,14,15)/p-1/t6-/m1/s1. The van der Waals surface area contributed by atoms with Crippen LogP contribution in [-0.2, 0) is 4.79 Å². The van der Waals surface area contributed by atoms with E-state index >= 15 is 0 Å². The Morgan fingerprint density at radius 2 is 2.33 bits per heavy atom. The lowest BCUT2D eigenvalue weighted by molar-refractivity contribution is -0.307. The van der Waals surface area contributed by atoms with Crippen molar-refractivity contribution in [3.05, 3.63) is 17.3 Å². The molecule has 1 atom stereocenters. The van der Waals surface area contributed by atoms with E-state index in [0.29, 0.717) is 23.9 Å². The van der Waals surface area contributed by atoms with Crippen molar-refractivity contribution in [2.45, 2.75) is 18.9 Å². The molecule has 0 bridgehead atoms. The summed E-state index contributed by atoms with van der Waals surface area (Å²) in [5.74, 6) is -0.532. The van der Waals surface area contributed by atoms with Crippen LogP contribution < -0.4 is 10.0 Å². The van der Waals surface area contributed by atoms with Crippen molar-refractivity contribution < 1.29 is 9.90 Å². The molecule has 0 saturated carbocycles. The van der Waals surface area contributed by atoms with Crippen molar-refractivity contribution in [2.24, 2.45) is 0 Å². The van der Waals surface area contributed by atoms with Crippen molar-refractivity contribution in [3.63, 3.8) is 0 Å². The fraction of sp³-hybridized carbons (Fsp3) is 0.444. The van der Waals surface area contributed by atoms with Crippen LogP contribution >= 0.6 is 11.6 Å². The predicted octanol–water partition coefficient (Wildman–Crippen LogP) is -0.151. The molecule has 0 aliphatic carbocycles. The van der Waals surface area contributed by atoms with Crippen LogP contribution in [0.4, 0.5) is 5.82 Å². The molecule has 1 aromatic rings. The van der Waals surface area contributed by atoms with Gasteiger partial charge in [-0.3, -0.25) is 0 Å². The molecule has 0 spiro atoms. The number of anilines is 1. The first-order valence-corrected chi connectivity index (χ1v) is 5.03. The molecule has 0 unspecified atom stereocenters. The van der Waals surface area contributed by atoms with E-state index in [4.69, 9.17) is 11.6 Å². The molecule has 0 radical (unpaired) electrons. The zero-order chi connectivity index (χ0) is 10.8. The molecule has 2 heterocycles. The average molecular weight is 227 g/mol. The Balaban J connectivity index is 2.22. The lowest BCUT2D eigenvalue weighted by Crippen LogP contribution is -2.44. The monoisotopic (exact) mass is 226 g/mol. The first kappa shape index (κ1) is 10.2. The van der Waals surface area contributed by atoms with E-state index in [1.165, 1.54) is 0 Å². The summed E-state index contributed by atoms with van der Waals surface area (Å²) in [5, 5.41) is 18.6. The van der Waals surface area contributed by atoms with E-state index in [1.807, 2.05) is 0 Å². The molecule has 6 heteroatoms. The minimum Gasteiger partial charge on any atom is -0.548 e. The van der Waals surface area contributed by atoms with Gasteiger partial charge in [0.15, 0.2) is 11.0 Å². The van der Waals surface area contributed by atoms with Crippen LogP contribution in [0.5, 0.6) is 0 Å². The number of carbonyl (C=O) groups excluding carboxylic acids is 1. The minimum absolute atomic E-state index is 0.294. The summed E-state index contributed by atoms with van der Waals surface area (Å²) in [6.45, 7) is 0.662. The normalized spacial score (nSPS) is 20.6. The van der Waals surface area contributed by atoms with Crippen LogP contribution in [0, 0.1) is 0 Å². The molecule has 15 heavy (non-hydrogen) atoms. The highest BCUT2D eigenvalue weighted by Gasteiger charge is 2.26. The van der Waals surface area contributed by atoms with Crippen LogP contribution in [-0.4, -0.2) is 28.8 Å². The van der Waals surface area contributed by atoms with Crippen molar-refractivity contribution >= 4 is 23.4 Å². The van der Waals surface area contributed by atoms with Gasteiger partial charge in [-0.2, -0.15) is 0 Å². The van der Waals surface area contributed by atoms with Crippen LogP contribution in [0.3, 0.4) is 0 Å². The Labute approximate surface area is 91.7 Å². The second-order valence-corrected chi connectivity index (χ2v) is 3.77. The number of carbonyl (C=O) groups is 1. The summed E-state index contributed by atoms with van der Waals surface area (Å²) in [6.07, 6.45) is 1.41. The SMILES string of the molecule is O=C([O-])[C@H]1CCCN1c1ccc(Cl)nn1. The smallest absolute Gasteiger partial charge is 0.151 e. The zero-order valence-electron chi connectivity index (χ0n) is 7.89. The molecule has 0 amide bonds. The fourth-order valence-corrected chi connectivity index (χ4v) is 1.85. The van der Waals surface area contributed by atoms with Gasteiger partial charge in [-0.05, 0) is 25.0 Å². The highest BCUT2D eigenvalue weighted by molar-refractivity contribution is 6.29. The average Bonchev–Trinajstić information content (AvgIpc) is 2.67. The molecule has 2 rings (SSSR count). The summed E-state index contributed by atoms with van der Waals surface area (Å²) in [4.78, 5) is 12.5. The molecular weight excluding hydrogens is 218 g/mol. The quantitative estimate of drug-likeness (QED) is 0.702. The molecular formula is C9H9ClN3O2-. The number of carboxylic acids is 1. The summed E-state index contributed by atoms with van der Waals surface area (Å²) in [5.41, 5.74) is 0. The van der Waals surface area contributed by atoms with Gasteiger partial charge in [0.1, 0.15) is 0 Å². The molecule has 0 N–H and O–H groups in total. The Bertz CT molecular complexity index is 368. The van der Waals surface area contributed by atoms with Crippen molar-refractivity contribution in [2.75, 3.05) is 11.4 Å². The first-order chi connectivity index (χ1) is 7.18. The van der Waals surface area contributed by atoms with Crippen molar-refractivity contribution in [1.82, 2.24) is 10.2 Å². The zero-order valence-corrected chi connectivity index (χ0v) is 8.65. The Morgan fingerprint density at radius 3 is 2.93 bits per heavy atom. The Morgan fingerprint density at radius 1 is 1.53 bits per heavy atom. The predicted molar refractivity (Wildman–Crippen MR) is 52.4 cm³/mol. The number of carboxylic acid groups (broad SMARTS) is 1. The van der Waals surface area contributed by atoms with E-state index < -0.39 is 12.0 Å². The van der Waals surface area contributed by atoms with Gasteiger partial charge in [-0.25, -0.2) is 0 Å². The molecule has 0 aromatic carbocycles. The molecule has 1 fully saturated rings. The number of hydrogen-bond donors (Lipinski definition) is 0. The third-order valence-electron chi connectivity index (χ3n) is 2.44. The molecule has 1 aliphatic rings. The number of aliphatic carboxylic acids is 1. The number of halogens is 1. The third-order valence-corrected chi connectivity index (χ3v) is 2.64. The number of hydrogen-bond acceptors (Lipinski definition) is 5. The summed E-state index contributed by atoms with van der Waals surface area (Å²) in [6, 6.07) is 2.66. The van der Waals surface area contributed by atoms with Crippen LogP contribution in [0.1, 0.15) is 12.8 Å². The Kier molecular flexibility index (Phi) is 2.73. The second kappa shape index (κ2) is 4.02. The van der Waals surface area contributed by atoms with E-state index in [1.54, 1.807) is 17.0 Å². The maximum atomic E-state index is 10.8. The van der Waals surface area contributed by atoms with E-state index in [0.717, 1.165) is 6.42 Å². The van der Waals surface area contributed by atoms with Gasteiger partial charge >= 0.3 is 0 Å². The largest absolute Gasteiger partial charge is 0.548 e. The summed E-state index contributed by atoms with van der Waals surface area (Å²) in [7, 11) is 0. The highest BCUT2D eigenvalue weighted by atomic mass is 35.5. The molecule has 1 aliphatic heterocycles. The third kappa shape index (κ3) is 2.02. The summed E-state index contributed by atoms with van der Waals surface area (Å²) < 4.78 is 0. The van der Waals surface area contributed by atoms with Gasteiger partial charge in [0.05, 0.1) is 12.0 Å². The second-order valence-electron chi connectivity index (χ2n) is 3.38. The molecule has 5 nitrogen and oxygen atoms in total. The maximum Gasteiger partial charge on any atom is 0.151 e. The van der Waals surface area contributed by atoms with E-state index in [9.17, 15) is 9.90 Å². The lowest BCUT2D eigenvalue weighted by atomic mass is 10.2. The van der Waals surface area contributed by atoms with E-state index in [-0.39, 0.29) is 0 Å².